The van der Waals surface area contributed by atoms with E-state index in [-0.39, 0.29) is 27.4 Å². The van der Waals surface area contributed by atoms with Crippen LogP contribution in [0.15, 0.2) is 0 Å². The highest BCUT2D eigenvalue weighted by Gasteiger charge is 2.21. The summed E-state index contributed by atoms with van der Waals surface area (Å²) < 4.78 is 5.79. The average molecular weight is 304 g/mol. The molecule has 2 atom stereocenters. The minimum atomic E-state index is -0.229. The molecular formula is C13H35N2Si3. The van der Waals surface area contributed by atoms with Crippen LogP contribution in [0.3, 0.4) is 0 Å². The topological polar surface area (TPSA) is 6.48 Å². The van der Waals surface area contributed by atoms with Gasteiger partial charge in [0.2, 0.25) is 0 Å². The fourth-order valence-corrected chi connectivity index (χ4v) is 18.2. The van der Waals surface area contributed by atoms with Crippen LogP contribution in [-0.2, 0) is 0 Å². The molecule has 0 aliphatic rings. The zero-order valence-electron chi connectivity index (χ0n) is 14.0. The monoisotopic (exact) mass is 303 g/mol. The Morgan fingerprint density at radius 2 is 1.33 bits per heavy atom. The molecule has 0 amide bonds. The van der Waals surface area contributed by atoms with Gasteiger partial charge in [-0.15, -0.1) is 0 Å². The number of hydrogen-bond donors (Lipinski definition) is 0. The van der Waals surface area contributed by atoms with Crippen molar-refractivity contribution in [1.29, 1.82) is 0 Å². The van der Waals surface area contributed by atoms with Crippen LogP contribution in [-0.4, -0.2) is 54.3 Å². The van der Waals surface area contributed by atoms with Gasteiger partial charge in [0.1, 0.15) is 8.96 Å². The van der Waals surface area contributed by atoms with E-state index >= 15 is 0 Å². The van der Waals surface area contributed by atoms with E-state index in [0.717, 1.165) is 18.1 Å². The highest BCUT2D eigenvalue weighted by molar-refractivity contribution is 7.00. The molecule has 18 heavy (non-hydrogen) atoms. The number of hydrogen-bond acceptors (Lipinski definition) is 2. The predicted molar refractivity (Wildman–Crippen MR) is 92.9 cm³/mol. The Labute approximate surface area is 122 Å². The second-order valence-electron chi connectivity index (χ2n) is 5.99. The molecule has 0 aliphatic heterocycles. The molecule has 0 spiro atoms. The highest BCUT2D eigenvalue weighted by Crippen LogP contribution is 2.10. The van der Waals surface area contributed by atoms with Gasteiger partial charge in [-0.05, 0) is 31.0 Å². The molecule has 0 aromatic heterocycles. The molecule has 0 saturated carbocycles. The molecule has 0 rings (SSSR count). The summed E-state index contributed by atoms with van der Waals surface area (Å²) in [5, 5.41) is 0. The first kappa shape index (κ1) is 18.6. The summed E-state index contributed by atoms with van der Waals surface area (Å²) in [6.07, 6.45) is 2.62. The van der Waals surface area contributed by atoms with Gasteiger partial charge in [0.05, 0.1) is 18.4 Å². The molecule has 0 aromatic rings. The van der Waals surface area contributed by atoms with Crippen molar-refractivity contribution in [1.82, 2.24) is 8.80 Å². The Kier molecular flexibility index (Phi) is 9.77. The lowest BCUT2D eigenvalue weighted by molar-refractivity contribution is 0.272. The van der Waals surface area contributed by atoms with Crippen LogP contribution in [0, 0.1) is 0 Å². The molecule has 0 heterocycles. The van der Waals surface area contributed by atoms with Gasteiger partial charge in [-0.2, -0.15) is 0 Å². The highest BCUT2D eigenvalue weighted by atomic mass is 29.2. The summed E-state index contributed by atoms with van der Waals surface area (Å²) in [6.45, 7) is 19.2. The van der Waals surface area contributed by atoms with Crippen LogP contribution < -0.4 is 0 Å². The van der Waals surface area contributed by atoms with Gasteiger partial charge in [-0.1, -0.05) is 54.6 Å². The van der Waals surface area contributed by atoms with Gasteiger partial charge in [0.15, 0.2) is 0 Å². The maximum absolute atomic E-state index is 2.90. The van der Waals surface area contributed by atoms with Gasteiger partial charge in [0, 0.05) is 0 Å². The predicted octanol–water partition coefficient (Wildman–Crippen LogP) is 1.93. The summed E-state index contributed by atoms with van der Waals surface area (Å²) in [6, 6.07) is 2.39. The van der Waals surface area contributed by atoms with E-state index in [1.165, 1.54) is 12.8 Å². The smallest absolute Gasteiger partial charge is 0.122 e. The first-order valence-electron chi connectivity index (χ1n) is 7.67. The average Bonchev–Trinajstić information content (AvgIpc) is 2.31. The van der Waals surface area contributed by atoms with E-state index < -0.39 is 0 Å². The molecule has 109 valence electrons. The van der Waals surface area contributed by atoms with Crippen molar-refractivity contribution in [2.75, 3.05) is 0 Å². The summed E-state index contributed by atoms with van der Waals surface area (Å²) >= 11 is 0. The summed E-state index contributed by atoms with van der Waals surface area (Å²) in [5.74, 6) is 0. The number of rotatable bonds is 9. The standard InChI is InChI=1S/C13H35N2Si3/c1-9-12(5)14(13(6)10-2)16-17-15(11(3)4)18(7)8/h11-13H,9-10,16-17H2,1-8H3. The third-order valence-corrected chi connectivity index (χ3v) is 16.5. The fraction of sp³-hybridized carbons (Fsp3) is 1.00. The molecule has 5 heteroatoms. The van der Waals surface area contributed by atoms with Crippen molar-refractivity contribution in [3.8, 4) is 0 Å². The Morgan fingerprint density at radius 1 is 0.889 bits per heavy atom. The number of nitrogens with zero attached hydrogens (tertiary/aromatic N) is 2. The van der Waals surface area contributed by atoms with Gasteiger partial charge in [-0.25, -0.2) is 0 Å². The van der Waals surface area contributed by atoms with Gasteiger partial charge in [-0.3, -0.25) is 0 Å². The molecule has 0 saturated heterocycles. The third-order valence-electron chi connectivity index (χ3n) is 4.11. The van der Waals surface area contributed by atoms with Crippen molar-refractivity contribution in [3.05, 3.63) is 0 Å². The normalized spacial score (nSPS) is 17.3. The van der Waals surface area contributed by atoms with Gasteiger partial charge >= 0.3 is 0 Å². The Morgan fingerprint density at radius 3 is 1.61 bits per heavy atom. The van der Waals surface area contributed by atoms with Crippen molar-refractivity contribution in [2.24, 2.45) is 0 Å². The van der Waals surface area contributed by atoms with Gasteiger partial charge in [0.25, 0.3) is 0 Å². The lowest BCUT2D eigenvalue weighted by Crippen LogP contribution is -2.52. The van der Waals surface area contributed by atoms with E-state index in [4.69, 9.17) is 0 Å². The van der Waals surface area contributed by atoms with E-state index in [9.17, 15) is 0 Å². The molecule has 0 aliphatic carbocycles. The van der Waals surface area contributed by atoms with E-state index in [0.29, 0.717) is 0 Å². The zero-order valence-corrected chi connectivity index (χ0v) is 17.8. The minimum Gasteiger partial charge on any atom is -0.350 e. The first-order valence-corrected chi connectivity index (χ1v) is 15.4. The second kappa shape index (κ2) is 9.47. The fourth-order valence-electron chi connectivity index (χ4n) is 2.57. The van der Waals surface area contributed by atoms with E-state index in [2.05, 4.69) is 63.4 Å². The second-order valence-corrected chi connectivity index (χ2v) is 14.1. The SMILES string of the molecule is CCC(C)N([SiH2][SiH2]N(C(C)C)[Si](C)C)C(C)CC. The molecule has 2 unspecified atom stereocenters. The lowest BCUT2D eigenvalue weighted by atomic mass is 10.2. The van der Waals surface area contributed by atoms with Crippen molar-refractivity contribution in [2.45, 2.75) is 85.6 Å². The summed E-state index contributed by atoms with van der Waals surface area (Å²) in [5.41, 5.74) is 0. The molecule has 0 aromatic carbocycles. The van der Waals surface area contributed by atoms with Crippen molar-refractivity contribution >= 4 is 27.4 Å². The van der Waals surface area contributed by atoms with Crippen molar-refractivity contribution < 1.29 is 0 Å². The molecule has 0 N–H and O–H groups in total. The largest absolute Gasteiger partial charge is 0.350 e. The summed E-state index contributed by atoms with van der Waals surface area (Å²) in [4.78, 5) is 0. The van der Waals surface area contributed by atoms with Crippen LogP contribution in [0.25, 0.3) is 0 Å². The van der Waals surface area contributed by atoms with Crippen LogP contribution in [0.5, 0.6) is 0 Å². The van der Waals surface area contributed by atoms with Crippen molar-refractivity contribution in [3.63, 3.8) is 0 Å². The molecule has 0 fully saturated rings. The Balaban J connectivity index is 4.49. The van der Waals surface area contributed by atoms with E-state index in [1.807, 2.05) is 0 Å². The quantitative estimate of drug-likeness (QED) is 0.601. The first-order chi connectivity index (χ1) is 8.34. The molecule has 2 nitrogen and oxygen atoms in total. The zero-order chi connectivity index (χ0) is 14.3. The van der Waals surface area contributed by atoms with Crippen LogP contribution in [0.4, 0.5) is 0 Å². The summed E-state index contributed by atoms with van der Waals surface area (Å²) in [7, 11) is -0.208. The maximum atomic E-state index is 2.90. The third kappa shape index (κ3) is 6.14. The Hall–Kier alpha value is 0.571. The minimum absolute atomic E-state index is 0.00102. The van der Waals surface area contributed by atoms with Crippen LogP contribution in [0.2, 0.25) is 13.1 Å². The van der Waals surface area contributed by atoms with E-state index in [1.54, 1.807) is 0 Å². The van der Waals surface area contributed by atoms with Crippen LogP contribution in [0.1, 0.15) is 54.4 Å². The van der Waals surface area contributed by atoms with Crippen LogP contribution >= 0.6 is 0 Å². The molecular weight excluding hydrogens is 268 g/mol. The molecule has 1 radical (unpaired) electrons. The maximum Gasteiger partial charge on any atom is 0.122 e. The van der Waals surface area contributed by atoms with Gasteiger partial charge < -0.3 is 8.80 Å². The lowest BCUT2D eigenvalue weighted by Gasteiger charge is -2.37. The molecule has 0 bridgehead atoms. The Bertz CT molecular complexity index is 194.